The number of nitrogens with zero attached hydrogens (tertiary/aromatic N) is 3. The Labute approximate surface area is 103 Å². The van der Waals surface area contributed by atoms with E-state index in [4.69, 9.17) is 0 Å². The smallest absolute Gasteiger partial charge is 0.305 e. The van der Waals surface area contributed by atoms with E-state index in [1.807, 2.05) is 18.6 Å². The number of rotatable bonds is 4. The van der Waals surface area contributed by atoms with E-state index < -0.39 is 0 Å². The Morgan fingerprint density at radius 2 is 2.41 bits per heavy atom. The molecule has 0 unspecified atom stereocenters. The summed E-state index contributed by atoms with van der Waals surface area (Å²) in [4.78, 5) is 15.5. The molecule has 90 valence electrons. The SMILES string of the molecule is COC(=O)CCc1csc(-c2cnn(C)c2)n1. The molecule has 0 amide bonds. The van der Waals surface area contributed by atoms with Crippen LogP contribution in [0.1, 0.15) is 12.1 Å². The van der Waals surface area contributed by atoms with Crippen LogP contribution in [0.4, 0.5) is 0 Å². The van der Waals surface area contributed by atoms with E-state index in [0.29, 0.717) is 12.8 Å². The van der Waals surface area contributed by atoms with Gasteiger partial charge in [-0.1, -0.05) is 0 Å². The molecular formula is C11H13N3O2S. The molecule has 0 aliphatic carbocycles. The lowest BCUT2D eigenvalue weighted by molar-refractivity contribution is -0.140. The standard InChI is InChI=1S/C11H13N3O2S/c1-14-6-8(5-12-14)11-13-9(7-17-11)3-4-10(15)16-2/h5-7H,3-4H2,1-2H3. The Morgan fingerprint density at radius 1 is 1.59 bits per heavy atom. The van der Waals surface area contributed by atoms with Gasteiger partial charge >= 0.3 is 5.97 Å². The summed E-state index contributed by atoms with van der Waals surface area (Å²) in [6.45, 7) is 0. The number of carbonyl (C=O) groups is 1. The predicted molar refractivity (Wildman–Crippen MR) is 64.7 cm³/mol. The summed E-state index contributed by atoms with van der Waals surface area (Å²) in [7, 11) is 3.26. The largest absolute Gasteiger partial charge is 0.469 e. The molecule has 6 heteroatoms. The van der Waals surface area contributed by atoms with E-state index in [0.717, 1.165) is 16.3 Å². The van der Waals surface area contributed by atoms with Crippen LogP contribution in [-0.4, -0.2) is 27.8 Å². The first-order valence-corrected chi connectivity index (χ1v) is 6.07. The van der Waals surface area contributed by atoms with Gasteiger partial charge < -0.3 is 4.74 Å². The van der Waals surface area contributed by atoms with Gasteiger partial charge in [-0.2, -0.15) is 5.10 Å². The van der Waals surface area contributed by atoms with Crippen molar-refractivity contribution in [1.82, 2.24) is 14.8 Å². The predicted octanol–water partition coefficient (Wildman–Crippen LogP) is 1.65. The number of carbonyl (C=O) groups excluding carboxylic acids is 1. The molecule has 5 nitrogen and oxygen atoms in total. The third-order valence-electron chi connectivity index (χ3n) is 2.32. The Balaban J connectivity index is 2.03. The second-order valence-electron chi connectivity index (χ2n) is 3.62. The molecular weight excluding hydrogens is 238 g/mol. The molecule has 0 N–H and O–H groups in total. The molecule has 0 radical (unpaired) electrons. The van der Waals surface area contributed by atoms with Crippen molar-refractivity contribution in [2.75, 3.05) is 7.11 Å². The van der Waals surface area contributed by atoms with Crippen LogP contribution < -0.4 is 0 Å². The Hall–Kier alpha value is -1.69. The van der Waals surface area contributed by atoms with E-state index in [1.54, 1.807) is 22.2 Å². The van der Waals surface area contributed by atoms with Gasteiger partial charge in [-0.05, 0) is 0 Å². The van der Waals surface area contributed by atoms with Gasteiger partial charge in [-0.25, -0.2) is 4.98 Å². The summed E-state index contributed by atoms with van der Waals surface area (Å²) in [6.07, 6.45) is 4.68. The fraction of sp³-hybridized carbons (Fsp3) is 0.364. The molecule has 2 heterocycles. The molecule has 0 atom stereocenters. The summed E-state index contributed by atoms with van der Waals surface area (Å²) >= 11 is 1.56. The summed E-state index contributed by atoms with van der Waals surface area (Å²) in [5.41, 5.74) is 1.92. The van der Waals surface area contributed by atoms with Crippen molar-refractivity contribution < 1.29 is 9.53 Å². The highest BCUT2D eigenvalue weighted by molar-refractivity contribution is 7.13. The maximum absolute atomic E-state index is 11.0. The van der Waals surface area contributed by atoms with Gasteiger partial charge in [0.25, 0.3) is 0 Å². The quantitative estimate of drug-likeness (QED) is 0.775. The van der Waals surface area contributed by atoms with Crippen LogP contribution >= 0.6 is 11.3 Å². The molecule has 0 saturated carbocycles. The maximum Gasteiger partial charge on any atom is 0.305 e. The zero-order valence-corrected chi connectivity index (χ0v) is 10.5. The molecule has 0 aromatic carbocycles. The Morgan fingerprint density at radius 3 is 3.06 bits per heavy atom. The average molecular weight is 251 g/mol. The van der Waals surface area contributed by atoms with Crippen molar-refractivity contribution in [2.24, 2.45) is 7.05 Å². The number of thiazole rings is 1. The lowest BCUT2D eigenvalue weighted by Crippen LogP contribution is -2.01. The van der Waals surface area contributed by atoms with E-state index >= 15 is 0 Å². The molecule has 0 bridgehead atoms. The average Bonchev–Trinajstić information content (AvgIpc) is 2.94. The lowest BCUT2D eigenvalue weighted by Gasteiger charge is -1.95. The number of methoxy groups -OCH3 is 1. The van der Waals surface area contributed by atoms with Crippen LogP contribution in [0, 0.1) is 0 Å². The van der Waals surface area contributed by atoms with Gasteiger partial charge in [0, 0.05) is 30.6 Å². The normalized spacial score (nSPS) is 10.5. The molecule has 0 aliphatic heterocycles. The lowest BCUT2D eigenvalue weighted by atomic mass is 10.2. The monoisotopic (exact) mass is 251 g/mol. The Kier molecular flexibility index (Phi) is 3.53. The molecule has 2 rings (SSSR count). The number of hydrogen-bond donors (Lipinski definition) is 0. The first kappa shape index (κ1) is 11.8. The van der Waals surface area contributed by atoms with Crippen molar-refractivity contribution >= 4 is 17.3 Å². The van der Waals surface area contributed by atoms with Gasteiger partial charge in [0.05, 0.1) is 25.4 Å². The van der Waals surface area contributed by atoms with Gasteiger partial charge in [0.2, 0.25) is 0 Å². The number of ether oxygens (including phenoxy) is 1. The number of aryl methyl sites for hydroxylation is 2. The number of hydrogen-bond acceptors (Lipinski definition) is 5. The van der Waals surface area contributed by atoms with Gasteiger partial charge in [0.15, 0.2) is 0 Å². The van der Waals surface area contributed by atoms with Crippen molar-refractivity contribution in [3.63, 3.8) is 0 Å². The van der Waals surface area contributed by atoms with Crippen LogP contribution in [0.2, 0.25) is 0 Å². The third-order valence-corrected chi connectivity index (χ3v) is 3.26. The summed E-state index contributed by atoms with van der Waals surface area (Å²) < 4.78 is 6.33. The van der Waals surface area contributed by atoms with Crippen LogP contribution in [0.5, 0.6) is 0 Å². The first-order valence-electron chi connectivity index (χ1n) is 5.19. The highest BCUT2D eigenvalue weighted by Crippen LogP contribution is 2.23. The first-order chi connectivity index (χ1) is 8.19. The Bertz CT molecular complexity index is 518. The summed E-state index contributed by atoms with van der Waals surface area (Å²) in [5, 5.41) is 6.99. The second kappa shape index (κ2) is 5.09. The highest BCUT2D eigenvalue weighted by atomic mass is 32.1. The third kappa shape index (κ3) is 2.91. The van der Waals surface area contributed by atoms with Crippen LogP contribution in [0.25, 0.3) is 10.6 Å². The van der Waals surface area contributed by atoms with Crippen molar-refractivity contribution in [3.8, 4) is 10.6 Å². The summed E-state index contributed by atoms with van der Waals surface area (Å²) in [5.74, 6) is -0.207. The number of esters is 1. The molecule has 17 heavy (non-hydrogen) atoms. The van der Waals surface area contributed by atoms with Gasteiger partial charge in [0.1, 0.15) is 5.01 Å². The minimum absolute atomic E-state index is 0.207. The van der Waals surface area contributed by atoms with E-state index in [-0.39, 0.29) is 5.97 Å². The molecule has 0 saturated heterocycles. The zero-order chi connectivity index (χ0) is 12.3. The minimum atomic E-state index is -0.207. The van der Waals surface area contributed by atoms with Gasteiger partial charge in [-0.15, -0.1) is 11.3 Å². The second-order valence-corrected chi connectivity index (χ2v) is 4.48. The molecule has 2 aromatic heterocycles. The fourth-order valence-corrected chi connectivity index (χ4v) is 2.25. The fourth-order valence-electron chi connectivity index (χ4n) is 1.42. The number of aromatic nitrogens is 3. The molecule has 0 spiro atoms. The van der Waals surface area contributed by atoms with Crippen molar-refractivity contribution in [1.29, 1.82) is 0 Å². The van der Waals surface area contributed by atoms with Crippen molar-refractivity contribution in [2.45, 2.75) is 12.8 Å². The van der Waals surface area contributed by atoms with E-state index in [1.165, 1.54) is 7.11 Å². The topological polar surface area (TPSA) is 57.0 Å². The van der Waals surface area contributed by atoms with E-state index in [9.17, 15) is 4.79 Å². The highest BCUT2D eigenvalue weighted by Gasteiger charge is 2.08. The van der Waals surface area contributed by atoms with Gasteiger partial charge in [-0.3, -0.25) is 9.48 Å². The van der Waals surface area contributed by atoms with E-state index in [2.05, 4.69) is 14.8 Å². The summed E-state index contributed by atoms with van der Waals surface area (Å²) in [6, 6.07) is 0. The van der Waals surface area contributed by atoms with Crippen LogP contribution in [0.3, 0.4) is 0 Å². The van der Waals surface area contributed by atoms with Crippen molar-refractivity contribution in [3.05, 3.63) is 23.5 Å². The molecule has 0 fully saturated rings. The zero-order valence-electron chi connectivity index (χ0n) is 9.71. The molecule has 0 aliphatic rings. The van der Waals surface area contributed by atoms with Crippen LogP contribution in [0.15, 0.2) is 17.8 Å². The van der Waals surface area contributed by atoms with Crippen LogP contribution in [-0.2, 0) is 23.0 Å². The minimum Gasteiger partial charge on any atom is -0.469 e. The maximum atomic E-state index is 11.0. The molecule has 2 aromatic rings.